The standard InChI is InChI=1S/C12H18N2O/c1-9-7-10(2)13-12(8-9)14-11-3-5-15-6-4-11/h7-8,11H,3-6H2,1-2H3,(H,13,14). The molecule has 0 amide bonds. The van der Waals surface area contributed by atoms with Crippen molar-refractivity contribution in [2.45, 2.75) is 32.7 Å². The van der Waals surface area contributed by atoms with E-state index in [1.807, 2.05) is 6.92 Å². The van der Waals surface area contributed by atoms with Gasteiger partial charge in [-0.25, -0.2) is 4.98 Å². The minimum absolute atomic E-state index is 0.521. The predicted molar refractivity (Wildman–Crippen MR) is 61.2 cm³/mol. The van der Waals surface area contributed by atoms with Crippen molar-refractivity contribution in [1.29, 1.82) is 0 Å². The summed E-state index contributed by atoms with van der Waals surface area (Å²) in [5.41, 5.74) is 2.33. The van der Waals surface area contributed by atoms with Crippen LogP contribution in [0.3, 0.4) is 0 Å². The second-order valence-electron chi connectivity index (χ2n) is 4.20. The van der Waals surface area contributed by atoms with Gasteiger partial charge in [0.25, 0.3) is 0 Å². The van der Waals surface area contributed by atoms with Crippen LogP contribution in [0.2, 0.25) is 0 Å². The van der Waals surface area contributed by atoms with Crippen molar-refractivity contribution in [2.24, 2.45) is 0 Å². The lowest BCUT2D eigenvalue weighted by molar-refractivity contribution is 0.0904. The topological polar surface area (TPSA) is 34.2 Å². The van der Waals surface area contributed by atoms with Crippen molar-refractivity contribution < 1.29 is 4.74 Å². The molecule has 0 atom stereocenters. The first-order valence-corrected chi connectivity index (χ1v) is 5.53. The number of aryl methyl sites for hydroxylation is 2. The Morgan fingerprint density at radius 3 is 2.67 bits per heavy atom. The highest BCUT2D eigenvalue weighted by Crippen LogP contribution is 2.15. The Bertz CT molecular complexity index is 312. The number of hydrogen-bond donors (Lipinski definition) is 1. The van der Waals surface area contributed by atoms with E-state index in [0.29, 0.717) is 6.04 Å². The summed E-state index contributed by atoms with van der Waals surface area (Å²) >= 11 is 0. The number of rotatable bonds is 2. The van der Waals surface area contributed by atoms with Crippen LogP contribution in [0.15, 0.2) is 12.1 Å². The molecule has 1 saturated heterocycles. The Morgan fingerprint density at radius 2 is 2.00 bits per heavy atom. The molecule has 0 aromatic carbocycles. The van der Waals surface area contributed by atoms with Crippen LogP contribution < -0.4 is 5.32 Å². The molecule has 1 fully saturated rings. The molecule has 1 N–H and O–H groups in total. The normalized spacial score (nSPS) is 17.7. The number of nitrogens with zero attached hydrogens (tertiary/aromatic N) is 1. The maximum absolute atomic E-state index is 5.32. The number of pyridine rings is 1. The van der Waals surface area contributed by atoms with Crippen LogP contribution >= 0.6 is 0 Å². The molecule has 1 aromatic heterocycles. The van der Waals surface area contributed by atoms with Crippen molar-refractivity contribution in [3.63, 3.8) is 0 Å². The molecule has 3 nitrogen and oxygen atoms in total. The van der Waals surface area contributed by atoms with E-state index in [1.54, 1.807) is 0 Å². The summed E-state index contributed by atoms with van der Waals surface area (Å²) in [5, 5.41) is 3.47. The maximum Gasteiger partial charge on any atom is 0.126 e. The Labute approximate surface area is 90.9 Å². The van der Waals surface area contributed by atoms with E-state index in [9.17, 15) is 0 Å². The summed E-state index contributed by atoms with van der Waals surface area (Å²) in [6.45, 7) is 5.86. The van der Waals surface area contributed by atoms with Crippen LogP contribution in [0.1, 0.15) is 24.1 Å². The first kappa shape index (κ1) is 10.4. The van der Waals surface area contributed by atoms with Gasteiger partial charge in [-0.05, 0) is 44.4 Å². The molecule has 2 rings (SSSR count). The van der Waals surface area contributed by atoms with E-state index in [4.69, 9.17) is 4.74 Å². The lowest BCUT2D eigenvalue weighted by Crippen LogP contribution is -2.28. The third kappa shape index (κ3) is 2.93. The van der Waals surface area contributed by atoms with Gasteiger partial charge in [-0.3, -0.25) is 0 Å². The SMILES string of the molecule is Cc1cc(C)nc(NC2CCOCC2)c1. The summed E-state index contributed by atoms with van der Waals surface area (Å²) in [7, 11) is 0. The minimum Gasteiger partial charge on any atom is -0.381 e. The molecule has 15 heavy (non-hydrogen) atoms. The quantitative estimate of drug-likeness (QED) is 0.806. The number of nitrogens with one attached hydrogen (secondary N) is 1. The van der Waals surface area contributed by atoms with E-state index >= 15 is 0 Å². The molecule has 2 heterocycles. The zero-order valence-corrected chi connectivity index (χ0v) is 9.42. The molecule has 0 radical (unpaired) electrons. The molecular formula is C12H18N2O. The van der Waals surface area contributed by atoms with Crippen molar-refractivity contribution >= 4 is 5.82 Å². The average Bonchev–Trinajstić information content (AvgIpc) is 2.17. The molecule has 0 saturated carbocycles. The van der Waals surface area contributed by atoms with E-state index in [-0.39, 0.29) is 0 Å². The number of ether oxygens (including phenoxy) is 1. The Kier molecular flexibility index (Phi) is 3.21. The lowest BCUT2D eigenvalue weighted by atomic mass is 10.1. The van der Waals surface area contributed by atoms with Gasteiger partial charge < -0.3 is 10.1 Å². The zero-order chi connectivity index (χ0) is 10.7. The highest BCUT2D eigenvalue weighted by molar-refractivity contribution is 5.40. The van der Waals surface area contributed by atoms with E-state index in [0.717, 1.165) is 37.6 Å². The Balaban J connectivity index is 2.02. The fraction of sp³-hybridized carbons (Fsp3) is 0.583. The van der Waals surface area contributed by atoms with Crippen molar-refractivity contribution in [1.82, 2.24) is 4.98 Å². The fourth-order valence-corrected chi connectivity index (χ4v) is 1.97. The number of aromatic nitrogens is 1. The zero-order valence-electron chi connectivity index (χ0n) is 9.42. The summed E-state index contributed by atoms with van der Waals surface area (Å²) < 4.78 is 5.32. The first-order chi connectivity index (χ1) is 7.24. The van der Waals surface area contributed by atoms with Crippen LogP contribution in [0.5, 0.6) is 0 Å². The summed E-state index contributed by atoms with van der Waals surface area (Å²) in [5.74, 6) is 0.999. The molecule has 0 unspecified atom stereocenters. The smallest absolute Gasteiger partial charge is 0.126 e. The van der Waals surface area contributed by atoms with Crippen LogP contribution in [0.4, 0.5) is 5.82 Å². The Hall–Kier alpha value is -1.09. The molecule has 1 aromatic rings. The van der Waals surface area contributed by atoms with Crippen LogP contribution in [-0.4, -0.2) is 24.2 Å². The highest BCUT2D eigenvalue weighted by atomic mass is 16.5. The Morgan fingerprint density at radius 1 is 1.27 bits per heavy atom. The molecule has 3 heteroatoms. The molecule has 1 aliphatic rings. The molecule has 82 valence electrons. The summed E-state index contributed by atoms with van der Waals surface area (Å²) in [4.78, 5) is 4.48. The monoisotopic (exact) mass is 206 g/mol. The van der Waals surface area contributed by atoms with Crippen molar-refractivity contribution in [3.05, 3.63) is 23.4 Å². The van der Waals surface area contributed by atoms with Crippen LogP contribution in [0, 0.1) is 13.8 Å². The first-order valence-electron chi connectivity index (χ1n) is 5.53. The third-order valence-electron chi connectivity index (χ3n) is 2.67. The van der Waals surface area contributed by atoms with E-state index in [2.05, 4.69) is 29.4 Å². The van der Waals surface area contributed by atoms with Crippen molar-refractivity contribution in [3.8, 4) is 0 Å². The van der Waals surface area contributed by atoms with Gasteiger partial charge in [-0.2, -0.15) is 0 Å². The van der Waals surface area contributed by atoms with E-state index in [1.165, 1.54) is 5.56 Å². The van der Waals surface area contributed by atoms with Gasteiger partial charge in [-0.15, -0.1) is 0 Å². The number of anilines is 1. The molecular weight excluding hydrogens is 188 g/mol. The minimum atomic E-state index is 0.521. The molecule has 0 aliphatic carbocycles. The van der Waals surface area contributed by atoms with Gasteiger partial charge in [0.2, 0.25) is 0 Å². The van der Waals surface area contributed by atoms with Crippen LogP contribution in [-0.2, 0) is 4.74 Å². The second-order valence-corrected chi connectivity index (χ2v) is 4.20. The third-order valence-corrected chi connectivity index (χ3v) is 2.67. The van der Waals surface area contributed by atoms with Gasteiger partial charge in [0, 0.05) is 24.9 Å². The van der Waals surface area contributed by atoms with Crippen molar-refractivity contribution in [2.75, 3.05) is 18.5 Å². The molecule has 0 bridgehead atoms. The summed E-state index contributed by atoms with van der Waals surface area (Å²) in [6, 6.07) is 4.71. The van der Waals surface area contributed by atoms with Gasteiger partial charge in [0.15, 0.2) is 0 Å². The molecule has 0 spiro atoms. The van der Waals surface area contributed by atoms with Gasteiger partial charge in [0.1, 0.15) is 5.82 Å². The lowest BCUT2D eigenvalue weighted by Gasteiger charge is -2.23. The number of hydrogen-bond acceptors (Lipinski definition) is 3. The van der Waals surface area contributed by atoms with Gasteiger partial charge in [0.05, 0.1) is 0 Å². The van der Waals surface area contributed by atoms with Gasteiger partial charge in [-0.1, -0.05) is 0 Å². The largest absolute Gasteiger partial charge is 0.381 e. The van der Waals surface area contributed by atoms with Gasteiger partial charge >= 0.3 is 0 Å². The maximum atomic E-state index is 5.32. The highest BCUT2D eigenvalue weighted by Gasteiger charge is 2.13. The second kappa shape index (κ2) is 4.62. The van der Waals surface area contributed by atoms with E-state index < -0.39 is 0 Å². The average molecular weight is 206 g/mol. The predicted octanol–water partition coefficient (Wildman–Crippen LogP) is 2.29. The molecule has 1 aliphatic heterocycles. The fourth-order valence-electron chi connectivity index (χ4n) is 1.97. The van der Waals surface area contributed by atoms with Crippen LogP contribution in [0.25, 0.3) is 0 Å². The summed E-state index contributed by atoms with van der Waals surface area (Å²) in [6.07, 6.45) is 2.16.